The molecule has 1 heterocycles. The molecule has 0 atom stereocenters. The zero-order valence-corrected chi connectivity index (χ0v) is 12.7. The fourth-order valence-electron chi connectivity index (χ4n) is 1.88. The van der Waals surface area contributed by atoms with E-state index in [2.05, 4.69) is 10.3 Å². The van der Waals surface area contributed by atoms with E-state index in [1.807, 2.05) is 6.07 Å². The average Bonchev–Trinajstić information content (AvgIpc) is 2.43. The third-order valence-electron chi connectivity index (χ3n) is 3.43. The van der Waals surface area contributed by atoms with Crippen LogP contribution < -0.4 is 5.32 Å². The number of aromatic nitrogens is 1. The summed E-state index contributed by atoms with van der Waals surface area (Å²) in [6.45, 7) is 1.81. The molecule has 3 nitrogen and oxygen atoms in total. The SMILES string of the molecule is CC(C)(CNc1c(C#N)c(Cl)nc2ccccc12)C(F)(F)F. The van der Waals surface area contributed by atoms with Gasteiger partial charge in [-0.15, -0.1) is 0 Å². The van der Waals surface area contributed by atoms with Crippen LogP contribution in [0, 0.1) is 16.7 Å². The molecule has 0 radical (unpaired) electrons. The number of nitriles is 1. The highest BCUT2D eigenvalue weighted by atomic mass is 35.5. The second kappa shape index (κ2) is 5.65. The Kier molecular flexibility index (Phi) is 4.21. The van der Waals surface area contributed by atoms with Crippen LogP contribution in [-0.2, 0) is 0 Å². The van der Waals surface area contributed by atoms with Crippen LogP contribution in [0.2, 0.25) is 5.15 Å². The highest BCUT2D eigenvalue weighted by Gasteiger charge is 2.47. The van der Waals surface area contributed by atoms with Gasteiger partial charge in [-0.1, -0.05) is 29.8 Å². The molecule has 1 N–H and O–H groups in total. The van der Waals surface area contributed by atoms with Gasteiger partial charge in [-0.05, 0) is 19.9 Å². The van der Waals surface area contributed by atoms with E-state index < -0.39 is 11.6 Å². The third-order valence-corrected chi connectivity index (χ3v) is 3.71. The Morgan fingerprint density at radius 3 is 2.50 bits per heavy atom. The predicted molar refractivity (Wildman–Crippen MR) is 79.8 cm³/mol. The van der Waals surface area contributed by atoms with E-state index in [9.17, 15) is 18.4 Å². The molecular formula is C15H13ClF3N3. The normalized spacial score (nSPS) is 12.2. The molecule has 116 valence electrons. The first-order valence-electron chi connectivity index (χ1n) is 6.46. The van der Waals surface area contributed by atoms with Crippen molar-refractivity contribution in [2.45, 2.75) is 20.0 Å². The van der Waals surface area contributed by atoms with Crippen LogP contribution in [0.25, 0.3) is 10.9 Å². The van der Waals surface area contributed by atoms with Crippen molar-refractivity contribution in [3.05, 3.63) is 35.0 Å². The zero-order chi connectivity index (χ0) is 16.5. The number of rotatable bonds is 3. The number of hydrogen-bond acceptors (Lipinski definition) is 3. The smallest absolute Gasteiger partial charge is 0.382 e. The number of anilines is 1. The van der Waals surface area contributed by atoms with Crippen LogP contribution in [0.1, 0.15) is 19.4 Å². The van der Waals surface area contributed by atoms with E-state index in [0.717, 1.165) is 13.8 Å². The molecule has 0 bridgehead atoms. The van der Waals surface area contributed by atoms with Crippen LogP contribution in [-0.4, -0.2) is 17.7 Å². The molecule has 1 aromatic heterocycles. The summed E-state index contributed by atoms with van der Waals surface area (Å²) in [5, 5.41) is 12.5. The highest BCUT2D eigenvalue weighted by Crippen LogP contribution is 2.38. The number of hydrogen-bond donors (Lipinski definition) is 1. The number of nitrogens with one attached hydrogen (secondary N) is 1. The Bertz CT molecular complexity index is 748. The van der Waals surface area contributed by atoms with E-state index in [1.165, 1.54) is 0 Å². The van der Waals surface area contributed by atoms with Crippen LogP contribution in [0.15, 0.2) is 24.3 Å². The molecule has 0 aliphatic carbocycles. The number of fused-ring (bicyclic) bond motifs is 1. The fraction of sp³-hybridized carbons (Fsp3) is 0.333. The van der Waals surface area contributed by atoms with Gasteiger partial charge in [0.2, 0.25) is 0 Å². The topological polar surface area (TPSA) is 48.7 Å². The Labute approximate surface area is 130 Å². The molecule has 7 heteroatoms. The first-order valence-corrected chi connectivity index (χ1v) is 6.84. The molecule has 0 amide bonds. The molecule has 2 rings (SSSR count). The highest BCUT2D eigenvalue weighted by molar-refractivity contribution is 6.31. The lowest BCUT2D eigenvalue weighted by Crippen LogP contribution is -2.38. The molecular weight excluding hydrogens is 315 g/mol. The monoisotopic (exact) mass is 327 g/mol. The second-order valence-electron chi connectivity index (χ2n) is 5.52. The maximum atomic E-state index is 13.0. The van der Waals surface area contributed by atoms with Gasteiger partial charge in [-0.3, -0.25) is 0 Å². The molecule has 0 saturated carbocycles. The number of para-hydroxylation sites is 1. The number of halogens is 4. The number of benzene rings is 1. The summed E-state index contributed by atoms with van der Waals surface area (Å²) in [4.78, 5) is 4.08. The summed E-state index contributed by atoms with van der Waals surface area (Å²) in [7, 11) is 0. The van der Waals surface area contributed by atoms with Crippen molar-refractivity contribution in [2.75, 3.05) is 11.9 Å². The van der Waals surface area contributed by atoms with Gasteiger partial charge < -0.3 is 5.32 Å². The molecule has 0 aliphatic rings. The van der Waals surface area contributed by atoms with Crippen LogP contribution in [0.5, 0.6) is 0 Å². The van der Waals surface area contributed by atoms with Crippen LogP contribution >= 0.6 is 11.6 Å². The first-order chi connectivity index (χ1) is 10.2. The average molecular weight is 328 g/mol. The molecule has 2 aromatic rings. The largest absolute Gasteiger partial charge is 0.395 e. The Morgan fingerprint density at radius 1 is 1.27 bits per heavy atom. The van der Waals surface area contributed by atoms with Crippen molar-refractivity contribution < 1.29 is 13.2 Å². The van der Waals surface area contributed by atoms with Crippen molar-refractivity contribution >= 4 is 28.2 Å². The lowest BCUT2D eigenvalue weighted by molar-refractivity contribution is -0.206. The lowest BCUT2D eigenvalue weighted by atomic mass is 9.92. The third kappa shape index (κ3) is 2.95. The van der Waals surface area contributed by atoms with Gasteiger partial charge in [0.05, 0.1) is 16.6 Å². The van der Waals surface area contributed by atoms with Crippen LogP contribution in [0.4, 0.5) is 18.9 Å². The quantitative estimate of drug-likeness (QED) is 0.827. The number of alkyl halides is 3. The maximum Gasteiger partial charge on any atom is 0.395 e. The second-order valence-corrected chi connectivity index (χ2v) is 5.87. The standard InChI is InChI=1S/C15H13ClF3N3/c1-14(2,15(17,18)19)8-21-12-9-5-3-4-6-11(9)22-13(16)10(12)7-20/h3-6H,8H2,1-2H3,(H,21,22). The van der Waals surface area contributed by atoms with Crippen molar-refractivity contribution in [2.24, 2.45) is 5.41 Å². The van der Waals surface area contributed by atoms with Gasteiger partial charge >= 0.3 is 6.18 Å². The van der Waals surface area contributed by atoms with E-state index in [0.29, 0.717) is 10.9 Å². The van der Waals surface area contributed by atoms with Crippen molar-refractivity contribution in [3.8, 4) is 6.07 Å². The summed E-state index contributed by atoms with van der Waals surface area (Å²) in [6.07, 6.45) is -4.36. The summed E-state index contributed by atoms with van der Waals surface area (Å²) in [5.74, 6) is 0. The fourth-order valence-corrected chi connectivity index (χ4v) is 2.11. The summed E-state index contributed by atoms with van der Waals surface area (Å²) < 4.78 is 38.9. The summed E-state index contributed by atoms with van der Waals surface area (Å²) in [5.41, 5.74) is -1.12. The van der Waals surface area contributed by atoms with Crippen molar-refractivity contribution in [1.29, 1.82) is 5.26 Å². The van der Waals surface area contributed by atoms with E-state index >= 15 is 0 Å². The molecule has 0 unspecified atom stereocenters. The summed E-state index contributed by atoms with van der Waals surface area (Å²) >= 11 is 5.95. The van der Waals surface area contributed by atoms with Gasteiger partial charge in [0.1, 0.15) is 16.8 Å². The zero-order valence-electron chi connectivity index (χ0n) is 11.9. The van der Waals surface area contributed by atoms with Gasteiger partial charge in [-0.25, -0.2) is 4.98 Å². The molecule has 1 aromatic carbocycles. The van der Waals surface area contributed by atoms with E-state index in [-0.39, 0.29) is 22.9 Å². The summed E-state index contributed by atoms with van der Waals surface area (Å²) in [6, 6.07) is 8.72. The minimum absolute atomic E-state index is 0.0338. The van der Waals surface area contributed by atoms with Crippen molar-refractivity contribution in [3.63, 3.8) is 0 Å². The maximum absolute atomic E-state index is 13.0. The van der Waals surface area contributed by atoms with Gasteiger partial charge in [-0.2, -0.15) is 18.4 Å². The van der Waals surface area contributed by atoms with Gasteiger partial charge in [0, 0.05) is 11.9 Å². The minimum Gasteiger partial charge on any atom is -0.382 e. The first kappa shape index (κ1) is 16.4. The molecule has 0 saturated heterocycles. The predicted octanol–water partition coefficient (Wildman–Crippen LogP) is 4.76. The van der Waals surface area contributed by atoms with E-state index in [4.69, 9.17) is 11.6 Å². The molecule has 0 fully saturated rings. The van der Waals surface area contributed by atoms with E-state index in [1.54, 1.807) is 24.3 Å². The molecule has 22 heavy (non-hydrogen) atoms. The van der Waals surface area contributed by atoms with Gasteiger partial charge in [0.25, 0.3) is 0 Å². The van der Waals surface area contributed by atoms with Gasteiger partial charge in [0.15, 0.2) is 0 Å². The Balaban J connectivity index is 2.49. The minimum atomic E-state index is -4.36. The lowest BCUT2D eigenvalue weighted by Gasteiger charge is -2.28. The molecule has 0 spiro atoms. The number of pyridine rings is 1. The Morgan fingerprint density at radius 2 is 1.91 bits per heavy atom. The molecule has 0 aliphatic heterocycles. The van der Waals surface area contributed by atoms with Crippen molar-refractivity contribution in [1.82, 2.24) is 4.98 Å². The number of nitrogens with zero attached hydrogens (tertiary/aromatic N) is 2. The van der Waals surface area contributed by atoms with Crippen LogP contribution in [0.3, 0.4) is 0 Å². The Hall–Kier alpha value is -2.00.